The van der Waals surface area contributed by atoms with Crippen LogP contribution in [-0.2, 0) is 6.42 Å². The fourth-order valence-electron chi connectivity index (χ4n) is 1.52. The van der Waals surface area contributed by atoms with Crippen LogP contribution in [0.4, 0.5) is 0 Å². The van der Waals surface area contributed by atoms with E-state index in [2.05, 4.69) is 16.9 Å². The van der Waals surface area contributed by atoms with Crippen LogP contribution in [0.25, 0.3) is 11.3 Å². The number of rotatable bonds is 3. The lowest BCUT2D eigenvalue weighted by Gasteiger charge is -1.98. The third kappa shape index (κ3) is 1.98. The maximum Gasteiger partial charge on any atom is 0.417 e. The Morgan fingerprint density at radius 2 is 2.13 bits per heavy atom. The van der Waals surface area contributed by atoms with Crippen molar-refractivity contribution in [1.82, 2.24) is 9.97 Å². The van der Waals surface area contributed by atoms with Crippen molar-refractivity contribution in [3.05, 3.63) is 40.8 Å². The van der Waals surface area contributed by atoms with Gasteiger partial charge in [-0.2, -0.15) is 0 Å². The lowest BCUT2D eigenvalue weighted by Crippen LogP contribution is -1.96. The van der Waals surface area contributed by atoms with E-state index in [1.54, 1.807) is 12.4 Å². The van der Waals surface area contributed by atoms with E-state index < -0.39 is 5.76 Å². The first-order chi connectivity index (χ1) is 7.31. The Morgan fingerprint density at radius 3 is 2.80 bits per heavy atom. The summed E-state index contributed by atoms with van der Waals surface area (Å²) in [6, 6.07) is 3.65. The van der Waals surface area contributed by atoms with Crippen LogP contribution in [0.5, 0.6) is 0 Å². The largest absolute Gasteiger partial charge is 0.417 e. The Bertz CT molecular complexity index is 485. The molecule has 2 aromatic rings. The van der Waals surface area contributed by atoms with Gasteiger partial charge in [0.25, 0.3) is 0 Å². The molecule has 4 heteroatoms. The van der Waals surface area contributed by atoms with Gasteiger partial charge in [-0.1, -0.05) is 13.3 Å². The molecule has 0 unspecified atom stereocenters. The average Bonchev–Trinajstić information content (AvgIpc) is 2.62. The lowest BCUT2D eigenvalue weighted by atomic mass is 10.1. The van der Waals surface area contributed by atoms with Crippen LogP contribution in [0.1, 0.15) is 19.0 Å². The van der Waals surface area contributed by atoms with Crippen LogP contribution < -0.4 is 5.76 Å². The zero-order valence-electron chi connectivity index (χ0n) is 8.49. The molecule has 0 aliphatic carbocycles. The van der Waals surface area contributed by atoms with E-state index in [9.17, 15) is 4.79 Å². The second-order valence-electron chi connectivity index (χ2n) is 3.31. The van der Waals surface area contributed by atoms with Gasteiger partial charge in [0.05, 0.1) is 5.69 Å². The van der Waals surface area contributed by atoms with Crippen molar-refractivity contribution in [2.75, 3.05) is 0 Å². The lowest BCUT2D eigenvalue weighted by molar-refractivity contribution is 0.528. The highest BCUT2D eigenvalue weighted by Crippen LogP contribution is 2.21. The maximum atomic E-state index is 11.1. The number of aromatic amines is 1. The van der Waals surface area contributed by atoms with Crippen molar-refractivity contribution >= 4 is 0 Å². The predicted molar refractivity (Wildman–Crippen MR) is 56.6 cm³/mol. The van der Waals surface area contributed by atoms with Gasteiger partial charge in [0.15, 0.2) is 5.76 Å². The third-order valence-electron chi connectivity index (χ3n) is 2.16. The number of aryl methyl sites for hydroxylation is 1. The minimum absolute atomic E-state index is 0.398. The van der Waals surface area contributed by atoms with Gasteiger partial charge in [0.1, 0.15) is 0 Å². The number of pyridine rings is 1. The zero-order chi connectivity index (χ0) is 10.7. The van der Waals surface area contributed by atoms with E-state index >= 15 is 0 Å². The summed E-state index contributed by atoms with van der Waals surface area (Å²) in [4.78, 5) is 17.7. The summed E-state index contributed by atoms with van der Waals surface area (Å²) in [5, 5.41) is 0. The van der Waals surface area contributed by atoms with Gasteiger partial charge in [-0.05, 0) is 18.6 Å². The molecule has 0 amide bonds. The number of nitrogens with zero attached hydrogens (tertiary/aromatic N) is 1. The molecule has 2 aromatic heterocycles. The minimum Gasteiger partial charge on any atom is -0.408 e. The molecule has 0 aliphatic rings. The molecule has 4 nitrogen and oxygen atoms in total. The number of aromatic nitrogens is 2. The van der Waals surface area contributed by atoms with Crippen LogP contribution in [0.15, 0.2) is 33.7 Å². The van der Waals surface area contributed by atoms with E-state index in [1.807, 2.05) is 12.1 Å². The molecule has 2 heterocycles. The second kappa shape index (κ2) is 4.13. The van der Waals surface area contributed by atoms with Crippen molar-refractivity contribution in [2.45, 2.75) is 19.8 Å². The monoisotopic (exact) mass is 204 g/mol. The molecule has 0 saturated carbocycles. The van der Waals surface area contributed by atoms with E-state index in [-0.39, 0.29) is 0 Å². The standard InChI is InChI=1S/C11H12N2O2/c1-2-3-9-10(15-11(14)13-9)8-4-6-12-7-5-8/h4-7H,2-3H2,1H3,(H,13,14). The SMILES string of the molecule is CCCc1[nH]c(=O)oc1-c1ccncc1. The molecule has 0 fully saturated rings. The van der Waals surface area contributed by atoms with Crippen LogP contribution >= 0.6 is 0 Å². The average molecular weight is 204 g/mol. The highest BCUT2D eigenvalue weighted by Gasteiger charge is 2.10. The first-order valence-electron chi connectivity index (χ1n) is 4.93. The summed E-state index contributed by atoms with van der Waals surface area (Å²) in [6.07, 6.45) is 5.13. The normalized spacial score (nSPS) is 10.5. The second-order valence-corrected chi connectivity index (χ2v) is 3.31. The van der Waals surface area contributed by atoms with Crippen molar-refractivity contribution < 1.29 is 4.42 Å². The summed E-state index contributed by atoms with van der Waals surface area (Å²) in [5.41, 5.74) is 1.74. The van der Waals surface area contributed by atoms with Gasteiger partial charge >= 0.3 is 5.76 Å². The molecule has 15 heavy (non-hydrogen) atoms. The van der Waals surface area contributed by atoms with Crippen LogP contribution in [0, 0.1) is 0 Å². The fraction of sp³-hybridized carbons (Fsp3) is 0.273. The van der Waals surface area contributed by atoms with E-state index in [1.165, 1.54) is 0 Å². The van der Waals surface area contributed by atoms with Crippen molar-refractivity contribution in [2.24, 2.45) is 0 Å². The summed E-state index contributed by atoms with van der Waals surface area (Å²) in [7, 11) is 0. The number of oxazole rings is 1. The molecule has 78 valence electrons. The first-order valence-corrected chi connectivity index (χ1v) is 4.93. The van der Waals surface area contributed by atoms with Crippen LogP contribution in [0.3, 0.4) is 0 Å². The smallest absolute Gasteiger partial charge is 0.408 e. The van der Waals surface area contributed by atoms with Gasteiger partial charge in [-0.3, -0.25) is 9.97 Å². The molecule has 0 bridgehead atoms. The molecule has 0 saturated heterocycles. The molecule has 0 spiro atoms. The number of hydrogen-bond donors (Lipinski definition) is 1. The van der Waals surface area contributed by atoms with Gasteiger partial charge in [-0.25, -0.2) is 4.79 Å². The molecular weight excluding hydrogens is 192 g/mol. The van der Waals surface area contributed by atoms with Gasteiger partial charge < -0.3 is 4.42 Å². The quantitative estimate of drug-likeness (QED) is 0.831. The molecule has 1 N–H and O–H groups in total. The van der Waals surface area contributed by atoms with Gasteiger partial charge in [-0.15, -0.1) is 0 Å². The third-order valence-corrected chi connectivity index (χ3v) is 2.16. The molecular formula is C11H12N2O2. The van der Waals surface area contributed by atoms with E-state index in [0.717, 1.165) is 24.1 Å². The Labute approximate surface area is 87.0 Å². The number of hydrogen-bond acceptors (Lipinski definition) is 3. The highest BCUT2D eigenvalue weighted by atomic mass is 16.4. The minimum atomic E-state index is -0.398. The van der Waals surface area contributed by atoms with Crippen molar-refractivity contribution in [3.63, 3.8) is 0 Å². The van der Waals surface area contributed by atoms with Gasteiger partial charge in [0, 0.05) is 18.0 Å². The maximum absolute atomic E-state index is 11.1. The Hall–Kier alpha value is -1.84. The Balaban J connectivity index is 2.48. The number of nitrogens with one attached hydrogen (secondary N) is 1. The predicted octanol–water partition coefficient (Wildman–Crippen LogP) is 1.98. The first kappa shape index (κ1) is 9.71. The van der Waals surface area contributed by atoms with Crippen molar-refractivity contribution in [3.8, 4) is 11.3 Å². The summed E-state index contributed by atoms with van der Waals surface area (Å²) >= 11 is 0. The fourth-order valence-corrected chi connectivity index (χ4v) is 1.52. The van der Waals surface area contributed by atoms with E-state index in [0.29, 0.717) is 5.76 Å². The summed E-state index contributed by atoms with van der Waals surface area (Å²) in [6.45, 7) is 2.06. The zero-order valence-corrected chi connectivity index (χ0v) is 8.49. The molecule has 2 rings (SSSR count). The summed E-state index contributed by atoms with van der Waals surface area (Å²) < 4.78 is 5.11. The molecule has 0 radical (unpaired) electrons. The Kier molecular flexibility index (Phi) is 2.67. The van der Waals surface area contributed by atoms with E-state index in [4.69, 9.17) is 4.42 Å². The summed E-state index contributed by atoms with van der Waals surface area (Å²) in [5.74, 6) is 0.231. The molecule has 0 aromatic carbocycles. The molecule has 0 atom stereocenters. The van der Waals surface area contributed by atoms with Crippen molar-refractivity contribution in [1.29, 1.82) is 0 Å². The topological polar surface area (TPSA) is 58.9 Å². The Morgan fingerprint density at radius 1 is 1.40 bits per heavy atom. The number of H-pyrrole nitrogens is 1. The highest BCUT2D eigenvalue weighted by molar-refractivity contribution is 5.58. The van der Waals surface area contributed by atoms with Crippen LogP contribution in [0.2, 0.25) is 0 Å². The molecule has 0 aliphatic heterocycles. The van der Waals surface area contributed by atoms with Gasteiger partial charge in [0.2, 0.25) is 0 Å². The van der Waals surface area contributed by atoms with Crippen LogP contribution in [-0.4, -0.2) is 9.97 Å².